The van der Waals surface area contributed by atoms with Gasteiger partial charge in [0.05, 0.1) is 11.6 Å². The molecule has 2 aromatic rings. The van der Waals surface area contributed by atoms with Crippen LogP contribution in [0.15, 0.2) is 66.2 Å². The largest absolute Gasteiger partial charge is 0.455 e. The molecule has 0 spiro atoms. The predicted molar refractivity (Wildman–Crippen MR) is 84.9 cm³/mol. The fourth-order valence-corrected chi connectivity index (χ4v) is 2.88. The summed E-state index contributed by atoms with van der Waals surface area (Å²) in [5.74, 6) is -4.54. The van der Waals surface area contributed by atoms with Crippen molar-refractivity contribution in [3.8, 4) is 6.07 Å². The highest BCUT2D eigenvalue weighted by Gasteiger charge is 2.60. The molecule has 3 nitrogen and oxygen atoms in total. The highest BCUT2D eigenvalue weighted by atomic mass is 19.4. The normalized spacial score (nSPS) is 23.7. The zero-order valence-corrected chi connectivity index (χ0v) is 13.0. The van der Waals surface area contributed by atoms with Gasteiger partial charge in [0.25, 0.3) is 0 Å². The van der Waals surface area contributed by atoms with Crippen LogP contribution in [0.2, 0.25) is 0 Å². The molecule has 0 amide bonds. The maximum absolute atomic E-state index is 13.5. The van der Waals surface area contributed by atoms with Gasteiger partial charge in [0.1, 0.15) is 5.76 Å². The number of aliphatic hydroxyl groups is 1. The first-order valence-electron chi connectivity index (χ1n) is 7.58. The Labute approximate surface area is 142 Å². The molecule has 3 rings (SSSR count). The summed E-state index contributed by atoms with van der Waals surface area (Å²) in [6.45, 7) is 0. The molecular formula is C19H14F3NO2. The zero-order chi connectivity index (χ0) is 18.1. The van der Waals surface area contributed by atoms with Gasteiger partial charge >= 0.3 is 12.0 Å². The minimum Gasteiger partial charge on any atom is -0.451 e. The SMILES string of the molecule is N#CC1=C(c2ccccc2)O[C@](O)(C(F)(F)F)C[C@@H]1c1ccccc1. The number of nitriles is 1. The van der Waals surface area contributed by atoms with Crippen LogP contribution in [0.3, 0.4) is 0 Å². The fraction of sp³-hybridized carbons (Fsp3) is 0.211. The Morgan fingerprint density at radius 2 is 1.60 bits per heavy atom. The average Bonchev–Trinajstić information content (AvgIpc) is 2.61. The van der Waals surface area contributed by atoms with E-state index in [1.54, 1.807) is 48.5 Å². The Bertz CT molecular complexity index is 825. The van der Waals surface area contributed by atoms with Crippen LogP contribution in [0.25, 0.3) is 5.76 Å². The van der Waals surface area contributed by atoms with E-state index in [0.717, 1.165) is 0 Å². The molecule has 1 aliphatic rings. The number of ether oxygens (including phenoxy) is 1. The van der Waals surface area contributed by atoms with Crippen molar-refractivity contribution in [3.05, 3.63) is 77.4 Å². The Balaban J connectivity index is 2.21. The standard InChI is InChI=1S/C19H14F3NO2/c20-19(21,22)18(24)11-15(13-7-3-1-4-8-13)16(12-23)17(25-18)14-9-5-2-6-10-14/h1-10,15,24H,11H2/t15-,18+/m1/s1. The summed E-state index contributed by atoms with van der Waals surface area (Å²) < 4.78 is 45.3. The van der Waals surface area contributed by atoms with Crippen molar-refractivity contribution >= 4 is 5.76 Å². The van der Waals surface area contributed by atoms with Crippen molar-refractivity contribution in [3.63, 3.8) is 0 Å². The number of allylic oxidation sites excluding steroid dienone is 1. The Kier molecular flexibility index (Phi) is 4.27. The highest BCUT2D eigenvalue weighted by molar-refractivity contribution is 5.70. The summed E-state index contributed by atoms with van der Waals surface area (Å²) in [4.78, 5) is 0. The van der Waals surface area contributed by atoms with Crippen molar-refractivity contribution in [2.75, 3.05) is 0 Å². The van der Waals surface area contributed by atoms with Crippen LogP contribution in [-0.2, 0) is 4.74 Å². The van der Waals surface area contributed by atoms with Crippen molar-refractivity contribution in [2.24, 2.45) is 0 Å². The molecule has 1 N–H and O–H groups in total. The topological polar surface area (TPSA) is 53.2 Å². The molecule has 0 unspecified atom stereocenters. The molecular weight excluding hydrogens is 331 g/mol. The van der Waals surface area contributed by atoms with Crippen molar-refractivity contribution in [1.82, 2.24) is 0 Å². The molecule has 1 heterocycles. The number of hydrogen-bond donors (Lipinski definition) is 1. The van der Waals surface area contributed by atoms with E-state index < -0.39 is 24.3 Å². The van der Waals surface area contributed by atoms with E-state index in [4.69, 9.17) is 4.74 Å². The molecule has 6 heteroatoms. The maximum Gasteiger partial charge on any atom is 0.455 e. The Morgan fingerprint density at radius 3 is 2.12 bits per heavy atom. The minimum atomic E-state index is -5.00. The van der Waals surface area contributed by atoms with Gasteiger partial charge in [-0.25, -0.2) is 0 Å². The third-order valence-electron chi connectivity index (χ3n) is 4.15. The lowest BCUT2D eigenvalue weighted by Crippen LogP contribution is -2.50. The summed E-state index contributed by atoms with van der Waals surface area (Å²) in [6.07, 6.45) is -5.78. The van der Waals surface area contributed by atoms with Crippen molar-refractivity contribution < 1.29 is 23.0 Å². The first-order valence-corrected chi connectivity index (χ1v) is 7.58. The molecule has 0 radical (unpaired) electrons. The van der Waals surface area contributed by atoms with Gasteiger partial charge in [-0.1, -0.05) is 60.7 Å². The number of rotatable bonds is 2. The van der Waals surface area contributed by atoms with Gasteiger partial charge in [-0.05, 0) is 5.56 Å². The molecule has 0 aromatic heterocycles. The predicted octanol–water partition coefficient (Wildman–Crippen LogP) is 4.38. The molecule has 1 aliphatic heterocycles. The number of nitrogens with zero attached hydrogens (tertiary/aromatic N) is 1. The van der Waals surface area contributed by atoms with Crippen LogP contribution in [0.4, 0.5) is 13.2 Å². The van der Waals surface area contributed by atoms with E-state index in [0.29, 0.717) is 11.1 Å². The van der Waals surface area contributed by atoms with Crippen LogP contribution in [0.5, 0.6) is 0 Å². The van der Waals surface area contributed by atoms with E-state index in [2.05, 4.69) is 0 Å². The van der Waals surface area contributed by atoms with E-state index in [1.165, 1.54) is 12.1 Å². The van der Waals surface area contributed by atoms with Gasteiger partial charge < -0.3 is 9.84 Å². The lowest BCUT2D eigenvalue weighted by atomic mass is 9.82. The van der Waals surface area contributed by atoms with Crippen molar-refractivity contribution in [2.45, 2.75) is 24.3 Å². The molecule has 2 atom stereocenters. The molecule has 128 valence electrons. The van der Waals surface area contributed by atoms with Crippen LogP contribution in [0, 0.1) is 11.3 Å². The minimum absolute atomic E-state index is 0.0614. The third kappa shape index (κ3) is 3.11. The van der Waals surface area contributed by atoms with Gasteiger partial charge in [-0.3, -0.25) is 0 Å². The number of halogens is 3. The second kappa shape index (κ2) is 6.26. The third-order valence-corrected chi connectivity index (χ3v) is 4.15. The number of benzene rings is 2. The first kappa shape index (κ1) is 17.1. The molecule has 2 aromatic carbocycles. The van der Waals surface area contributed by atoms with Crippen LogP contribution >= 0.6 is 0 Å². The van der Waals surface area contributed by atoms with Gasteiger partial charge in [0, 0.05) is 17.9 Å². The molecule has 0 aliphatic carbocycles. The maximum atomic E-state index is 13.5. The second-order valence-electron chi connectivity index (χ2n) is 5.77. The van der Waals surface area contributed by atoms with Crippen molar-refractivity contribution in [1.29, 1.82) is 5.26 Å². The summed E-state index contributed by atoms with van der Waals surface area (Å²) >= 11 is 0. The molecule has 0 saturated carbocycles. The average molecular weight is 345 g/mol. The van der Waals surface area contributed by atoms with E-state index in [1.807, 2.05) is 6.07 Å². The first-order chi connectivity index (χ1) is 11.9. The summed E-state index contributed by atoms with van der Waals surface area (Å²) in [5, 5.41) is 19.8. The molecule has 0 bridgehead atoms. The van der Waals surface area contributed by atoms with E-state index >= 15 is 0 Å². The van der Waals surface area contributed by atoms with Gasteiger partial charge in [0.15, 0.2) is 0 Å². The van der Waals surface area contributed by atoms with Gasteiger partial charge in [-0.15, -0.1) is 0 Å². The van der Waals surface area contributed by atoms with E-state index in [9.17, 15) is 23.5 Å². The zero-order valence-electron chi connectivity index (χ0n) is 13.0. The van der Waals surface area contributed by atoms with Gasteiger partial charge in [0.2, 0.25) is 0 Å². The number of hydrogen-bond acceptors (Lipinski definition) is 3. The lowest BCUT2D eigenvalue weighted by Gasteiger charge is -2.39. The van der Waals surface area contributed by atoms with Crippen LogP contribution in [0.1, 0.15) is 23.5 Å². The van der Waals surface area contributed by atoms with Gasteiger partial charge in [-0.2, -0.15) is 18.4 Å². The quantitative estimate of drug-likeness (QED) is 0.879. The van der Waals surface area contributed by atoms with E-state index in [-0.39, 0.29) is 11.3 Å². The lowest BCUT2D eigenvalue weighted by molar-refractivity contribution is -0.351. The fourth-order valence-electron chi connectivity index (χ4n) is 2.88. The smallest absolute Gasteiger partial charge is 0.451 e. The van der Waals surface area contributed by atoms with Crippen LogP contribution < -0.4 is 0 Å². The Morgan fingerprint density at radius 1 is 1.04 bits per heavy atom. The molecule has 0 saturated heterocycles. The molecule has 25 heavy (non-hydrogen) atoms. The number of alkyl halides is 3. The second-order valence-corrected chi connectivity index (χ2v) is 5.77. The monoisotopic (exact) mass is 345 g/mol. The Hall–Kier alpha value is -2.78. The summed E-state index contributed by atoms with van der Waals surface area (Å²) in [7, 11) is 0. The summed E-state index contributed by atoms with van der Waals surface area (Å²) in [5.41, 5.74) is 0.882. The molecule has 0 fully saturated rings. The highest BCUT2D eigenvalue weighted by Crippen LogP contribution is 2.49. The summed E-state index contributed by atoms with van der Waals surface area (Å²) in [6, 6.07) is 18.3. The van der Waals surface area contributed by atoms with Crippen LogP contribution in [-0.4, -0.2) is 17.1 Å².